The Labute approximate surface area is 98.7 Å². The van der Waals surface area contributed by atoms with Crippen LogP contribution >= 0.6 is 0 Å². The van der Waals surface area contributed by atoms with Crippen LogP contribution in [0.1, 0.15) is 33.2 Å². The predicted molar refractivity (Wildman–Crippen MR) is 61.6 cm³/mol. The molecule has 2 aromatic heterocycles. The summed E-state index contributed by atoms with van der Waals surface area (Å²) in [5, 5.41) is 0. The van der Waals surface area contributed by atoms with Gasteiger partial charge in [0.1, 0.15) is 6.33 Å². The molecule has 0 unspecified atom stereocenters. The van der Waals surface area contributed by atoms with Crippen molar-refractivity contribution in [1.29, 1.82) is 0 Å². The van der Waals surface area contributed by atoms with Gasteiger partial charge in [-0.15, -0.1) is 0 Å². The van der Waals surface area contributed by atoms with Crippen LogP contribution in [0.15, 0.2) is 12.7 Å². The van der Waals surface area contributed by atoms with Gasteiger partial charge < -0.3 is 9.30 Å². The smallest absolute Gasteiger partial charge is 0.312 e. The molecule has 0 aromatic carbocycles. The van der Waals surface area contributed by atoms with Crippen LogP contribution in [0.5, 0.6) is 5.88 Å². The second-order valence-electron chi connectivity index (χ2n) is 3.92. The van der Waals surface area contributed by atoms with Crippen LogP contribution < -0.4 is 4.74 Å². The van der Waals surface area contributed by atoms with E-state index < -0.39 is 0 Å². The lowest BCUT2D eigenvalue weighted by Gasteiger charge is -2.07. The summed E-state index contributed by atoms with van der Waals surface area (Å²) in [6.07, 6.45) is 3.35. The summed E-state index contributed by atoms with van der Waals surface area (Å²) in [5.74, 6) is -0.106. The third-order valence-corrected chi connectivity index (χ3v) is 2.38. The highest BCUT2D eigenvalue weighted by atomic mass is 16.5. The quantitative estimate of drug-likeness (QED) is 0.756. The van der Waals surface area contributed by atoms with Gasteiger partial charge in [0.05, 0.1) is 6.33 Å². The number of hydrogen-bond donors (Lipinski definition) is 0. The van der Waals surface area contributed by atoms with E-state index in [2.05, 4.69) is 15.0 Å². The topological polar surface area (TPSA) is 69.9 Å². The molecule has 2 heterocycles. The minimum Gasteiger partial charge on any atom is -0.405 e. The maximum Gasteiger partial charge on any atom is 0.312 e. The molecule has 0 amide bonds. The Morgan fingerprint density at radius 1 is 1.41 bits per heavy atom. The average Bonchev–Trinajstić information content (AvgIpc) is 2.73. The number of rotatable bonds is 3. The van der Waals surface area contributed by atoms with Gasteiger partial charge in [0.15, 0.2) is 11.2 Å². The first-order valence-electron chi connectivity index (χ1n) is 5.51. The molecule has 0 aliphatic carbocycles. The van der Waals surface area contributed by atoms with Crippen molar-refractivity contribution in [3.63, 3.8) is 0 Å². The van der Waals surface area contributed by atoms with Crippen molar-refractivity contribution in [2.24, 2.45) is 0 Å². The van der Waals surface area contributed by atoms with E-state index in [-0.39, 0.29) is 17.9 Å². The van der Waals surface area contributed by atoms with E-state index in [4.69, 9.17) is 4.74 Å². The fraction of sp³-hybridized carbons (Fsp3) is 0.455. The van der Waals surface area contributed by atoms with Crippen molar-refractivity contribution in [1.82, 2.24) is 19.5 Å². The van der Waals surface area contributed by atoms with E-state index in [0.29, 0.717) is 17.6 Å². The zero-order valence-corrected chi connectivity index (χ0v) is 10.0. The van der Waals surface area contributed by atoms with Gasteiger partial charge in [-0.3, -0.25) is 4.79 Å². The van der Waals surface area contributed by atoms with Crippen LogP contribution in [0.2, 0.25) is 0 Å². The largest absolute Gasteiger partial charge is 0.405 e. The Morgan fingerprint density at radius 2 is 2.18 bits per heavy atom. The molecule has 0 N–H and O–H groups in total. The number of nitrogens with zero attached hydrogens (tertiary/aromatic N) is 4. The maximum atomic E-state index is 11.2. The van der Waals surface area contributed by atoms with Crippen LogP contribution in [0.3, 0.4) is 0 Å². The molecule has 17 heavy (non-hydrogen) atoms. The summed E-state index contributed by atoms with van der Waals surface area (Å²) in [7, 11) is 0. The minimum absolute atomic E-state index is 0.223. The van der Waals surface area contributed by atoms with Crippen molar-refractivity contribution in [2.45, 2.75) is 33.2 Å². The number of hydrogen-bond acceptors (Lipinski definition) is 5. The third kappa shape index (κ3) is 2.11. The van der Waals surface area contributed by atoms with E-state index in [0.717, 1.165) is 0 Å². The van der Waals surface area contributed by atoms with E-state index in [1.807, 2.05) is 18.4 Å². The van der Waals surface area contributed by atoms with Crippen molar-refractivity contribution in [2.75, 3.05) is 0 Å². The second-order valence-corrected chi connectivity index (χ2v) is 3.92. The maximum absolute atomic E-state index is 11.2. The van der Waals surface area contributed by atoms with Gasteiger partial charge in [-0.25, -0.2) is 9.97 Å². The summed E-state index contributed by atoms with van der Waals surface area (Å²) in [4.78, 5) is 23.5. The molecule has 0 aliphatic rings. The first-order valence-corrected chi connectivity index (χ1v) is 5.51. The van der Waals surface area contributed by atoms with Crippen molar-refractivity contribution < 1.29 is 9.53 Å². The molecule has 0 bridgehead atoms. The van der Waals surface area contributed by atoms with Crippen molar-refractivity contribution in [3.05, 3.63) is 12.7 Å². The first-order chi connectivity index (χ1) is 8.13. The van der Waals surface area contributed by atoms with Crippen LogP contribution in [-0.2, 0) is 4.79 Å². The predicted octanol–water partition coefficient (Wildman–Crippen LogP) is 1.72. The van der Waals surface area contributed by atoms with Crippen LogP contribution in [0.25, 0.3) is 11.2 Å². The Kier molecular flexibility index (Phi) is 3.03. The Bertz CT molecular complexity index is 547. The average molecular weight is 234 g/mol. The Morgan fingerprint density at radius 3 is 2.82 bits per heavy atom. The Hall–Kier alpha value is -1.98. The molecule has 0 radical (unpaired) electrons. The normalized spacial score (nSPS) is 11.1. The van der Waals surface area contributed by atoms with Crippen molar-refractivity contribution >= 4 is 17.1 Å². The van der Waals surface area contributed by atoms with Crippen molar-refractivity contribution in [3.8, 4) is 5.88 Å². The molecule has 2 rings (SSSR count). The molecule has 2 aromatic rings. The monoisotopic (exact) mass is 234 g/mol. The lowest BCUT2D eigenvalue weighted by atomic mass is 10.4. The van der Waals surface area contributed by atoms with Crippen LogP contribution in [0.4, 0.5) is 0 Å². The number of carbonyl (C=O) groups excluding carboxylic acids is 1. The molecule has 0 saturated heterocycles. The summed E-state index contributed by atoms with van der Waals surface area (Å²) < 4.78 is 7.01. The number of aromatic nitrogens is 4. The van der Waals surface area contributed by atoms with Gasteiger partial charge in [-0.05, 0) is 13.8 Å². The molecule has 90 valence electrons. The van der Waals surface area contributed by atoms with Gasteiger partial charge in [-0.1, -0.05) is 6.92 Å². The van der Waals surface area contributed by atoms with E-state index >= 15 is 0 Å². The molecule has 0 atom stereocenters. The zero-order chi connectivity index (χ0) is 12.4. The fourth-order valence-electron chi connectivity index (χ4n) is 1.46. The summed E-state index contributed by atoms with van der Waals surface area (Å²) in [5.41, 5.74) is 1.19. The summed E-state index contributed by atoms with van der Waals surface area (Å²) >= 11 is 0. The number of fused-ring (bicyclic) bond motifs is 1. The van der Waals surface area contributed by atoms with Gasteiger partial charge in [0.25, 0.3) is 5.88 Å². The number of carbonyl (C=O) groups is 1. The van der Waals surface area contributed by atoms with Crippen LogP contribution in [-0.4, -0.2) is 25.5 Å². The Balaban J connectivity index is 2.48. The van der Waals surface area contributed by atoms with E-state index in [1.165, 1.54) is 6.33 Å². The fourth-order valence-corrected chi connectivity index (χ4v) is 1.46. The van der Waals surface area contributed by atoms with E-state index in [1.54, 1.807) is 13.3 Å². The molecular weight excluding hydrogens is 220 g/mol. The molecule has 0 aliphatic heterocycles. The van der Waals surface area contributed by atoms with Gasteiger partial charge in [-0.2, -0.15) is 4.98 Å². The lowest BCUT2D eigenvalue weighted by molar-refractivity contribution is -0.134. The van der Waals surface area contributed by atoms with Crippen LogP contribution in [0, 0.1) is 0 Å². The zero-order valence-electron chi connectivity index (χ0n) is 10.0. The molecule has 6 nitrogen and oxygen atoms in total. The first kappa shape index (κ1) is 11.5. The number of esters is 1. The molecule has 0 spiro atoms. The highest BCUT2D eigenvalue weighted by Crippen LogP contribution is 2.22. The summed E-state index contributed by atoms with van der Waals surface area (Å²) in [6.45, 7) is 5.79. The van der Waals surface area contributed by atoms with Gasteiger partial charge in [0.2, 0.25) is 0 Å². The highest BCUT2D eigenvalue weighted by Gasteiger charge is 2.14. The SMILES string of the molecule is CCC(=O)Oc1ncnc2c1ncn2C(C)C. The van der Waals surface area contributed by atoms with E-state index in [9.17, 15) is 4.79 Å². The van der Waals surface area contributed by atoms with Gasteiger partial charge in [0, 0.05) is 12.5 Å². The second kappa shape index (κ2) is 4.48. The number of ether oxygens (including phenoxy) is 1. The lowest BCUT2D eigenvalue weighted by Crippen LogP contribution is -2.08. The number of imidazole rings is 1. The highest BCUT2D eigenvalue weighted by molar-refractivity contribution is 5.80. The molecule has 6 heteroatoms. The standard InChI is InChI=1S/C11H14N4O2/c1-4-8(16)17-11-9-10(12-5-13-11)15(6-14-9)7(2)3/h5-7H,4H2,1-3H3. The minimum atomic E-state index is -0.330. The van der Waals surface area contributed by atoms with Gasteiger partial charge >= 0.3 is 5.97 Å². The summed E-state index contributed by atoms with van der Waals surface area (Å²) in [6, 6.07) is 0.240. The molecular formula is C11H14N4O2. The molecule has 0 fully saturated rings. The molecule has 0 saturated carbocycles. The third-order valence-electron chi connectivity index (χ3n) is 2.38.